The van der Waals surface area contributed by atoms with Crippen LogP contribution in [0.5, 0.6) is 0 Å². The Morgan fingerprint density at radius 3 is 2.16 bits per heavy atom. The first-order chi connectivity index (χ1) is 15.3. The first kappa shape index (κ1) is 22.7. The molecule has 0 atom stereocenters. The van der Waals surface area contributed by atoms with Gasteiger partial charge in [-0.1, -0.05) is 0 Å². The molecule has 172 valence electrons. The number of hydrogen-bond acceptors (Lipinski definition) is 4. The third kappa shape index (κ3) is 4.94. The van der Waals surface area contributed by atoms with Gasteiger partial charge in [0.1, 0.15) is 0 Å². The number of anilines is 2. The van der Waals surface area contributed by atoms with Crippen LogP contribution in [0.1, 0.15) is 32.1 Å². The summed E-state index contributed by atoms with van der Waals surface area (Å²) in [5, 5.41) is 2.92. The van der Waals surface area contributed by atoms with Gasteiger partial charge < -0.3 is 10.2 Å². The SMILES string of the molecule is O=C(Nc1ccc(N2CCCCC2)cc1)C1CCN(S(=O)(=O)c2ccc(F)c(F)c2)CC1. The summed E-state index contributed by atoms with van der Waals surface area (Å²) in [7, 11) is -3.93. The highest BCUT2D eigenvalue weighted by Crippen LogP contribution is 2.27. The number of nitrogens with one attached hydrogen (secondary N) is 1. The van der Waals surface area contributed by atoms with E-state index in [0.717, 1.165) is 30.9 Å². The number of carbonyl (C=O) groups is 1. The topological polar surface area (TPSA) is 69.7 Å². The lowest BCUT2D eigenvalue weighted by Gasteiger charge is -2.30. The van der Waals surface area contributed by atoms with Crippen LogP contribution >= 0.6 is 0 Å². The largest absolute Gasteiger partial charge is 0.372 e. The van der Waals surface area contributed by atoms with Gasteiger partial charge in [0, 0.05) is 43.5 Å². The second-order valence-corrected chi connectivity index (χ2v) is 10.3. The van der Waals surface area contributed by atoms with Gasteiger partial charge in [0.2, 0.25) is 15.9 Å². The Morgan fingerprint density at radius 1 is 0.875 bits per heavy atom. The Labute approximate surface area is 187 Å². The molecule has 2 aliphatic heterocycles. The summed E-state index contributed by atoms with van der Waals surface area (Å²) >= 11 is 0. The zero-order valence-corrected chi connectivity index (χ0v) is 18.6. The second kappa shape index (κ2) is 9.54. The molecule has 32 heavy (non-hydrogen) atoms. The number of piperidine rings is 2. The number of amides is 1. The van der Waals surface area contributed by atoms with E-state index in [1.807, 2.05) is 24.3 Å². The minimum atomic E-state index is -3.93. The summed E-state index contributed by atoms with van der Waals surface area (Å²) in [4.78, 5) is 14.7. The molecule has 4 rings (SSSR count). The fourth-order valence-corrected chi connectivity index (χ4v) is 5.78. The minimum absolute atomic E-state index is 0.138. The number of benzene rings is 2. The summed E-state index contributed by atoms with van der Waals surface area (Å²) in [6, 6.07) is 10.4. The van der Waals surface area contributed by atoms with E-state index in [-0.39, 0.29) is 29.8 Å². The Kier molecular flexibility index (Phi) is 6.76. The lowest BCUT2D eigenvalue weighted by Crippen LogP contribution is -2.41. The maximum atomic E-state index is 13.5. The molecule has 0 bridgehead atoms. The van der Waals surface area contributed by atoms with E-state index in [1.165, 1.54) is 23.6 Å². The van der Waals surface area contributed by atoms with E-state index < -0.39 is 21.7 Å². The highest BCUT2D eigenvalue weighted by atomic mass is 32.2. The third-order valence-corrected chi connectivity index (χ3v) is 8.10. The number of hydrogen-bond donors (Lipinski definition) is 1. The molecule has 2 aliphatic rings. The molecule has 6 nitrogen and oxygen atoms in total. The monoisotopic (exact) mass is 463 g/mol. The molecule has 1 N–H and O–H groups in total. The van der Waals surface area contributed by atoms with Crippen molar-refractivity contribution in [3.8, 4) is 0 Å². The van der Waals surface area contributed by atoms with Crippen LogP contribution in [0.15, 0.2) is 47.4 Å². The van der Waals surface area contributed by atoms with Crippen LogP contribution in [0, 0.1) is 17.6 Å². The molecule has 2 fully saturated rings. The standard InChI is InChI=1S/C23H27F2N3O3S/c24-21-9-8-20(16-22(21)25)32(30,31)28-14-10-17(11-15-28)23(29)26-18-4-6-19(7-5-18)27-12-2-1-3-13-27/h4-9,16-17H,1-3,10-15H2,(H,26,29). The molecule has 1 amide bonds. The van der Waals surface area contributed by atoms with Gasteiger partial charge in [-0.15, -0.1) is 0 Å². The molecule has 0 aromatic heterocycles. The Hall–Kier alpha value is -2.52. The molecular formula is C23H27F2N3O3S. The molecule has 0 unspecified atom stereocenters. The summed E-state index contributed by atoms with van der Waals surface area (Å²) in [6.45, 7) is 2.40. The van der Waals surface area contributed by atoms with Crippen molar-refractivity contribution in [3.63, 3.8) is 0 Å². The number of nitrogens with zero attached hydrogens (tertiary/aromatic N) is 2. The van der Waals surface area contributed by atoms with Crippen molar-refractivity contribution in [3.05, 3.63) is 54.1 Å². The molecule has 0 saturated carbocycles. The average Bonchev–Trinajstić information content (AvgIpc) is 2.82. The van der Waals surface area contributed by atoms with Crippen molar-refractivity contribution in [2.24, 2.45) is 5.92 Å². The lowest BCUT2D eigenvalue weighted by molar-refractivity contribution is -0.120. The summed E-state index contributed by atoms with van der Waals surface area (Å²) < 4.78 is 53.2. The van der Waals surface area contributed by atoms with Crippen LogP contribution in [0.25, 0.3) is 0 Å². The van der Waals surface area contributed by atoms with E-state index in [9.17, 15) is 22.0 Å². The summed E-state index contributed by atoms with van der Waals surface area (Å²) in [5.74, 6) is -2.75. The van der Waals surface area contributed by atoms with E-state index >= 15 is 0 Å². The predicted molar refractivity (Wildman–Crippen MR) is 119 cm³/mol. The first-order valence-corrected chi connectivity index (χ1v) is 12.4. The van der Waals surface area contributed by atoms with Crippen LogP contribution in [-0.4, -0.2) is 44.8 Å². The summed E-state index contributed by atoms with van der Waals surface area (Å²) in [6.07, 6.45) is 4.39. The molecular weight excluding hydrogens is 436 g/mol. The molecule has 2 heterocycles. The van der Waals surface area contributed by atoms with E-state index in [2.05, 4.69) is 10.2 Å². The van der Waals surface area contributed by atoms with Gasteiger partial charge >= 0.3 is 0 Å². The quantitative estimate of drug-likeness (QED) is 0.728. The van der Waals surface area contributed by atoms with Crippen molar-refractivity contribution >= 4 is 27.3 Å². The van der Waals surface area contributed by atoms with Crippen LogP contribution in [0.3, 0.4) is 0 Å². The third-order valence-electron chi connectivity index (χ3n) is 6.21. The van der Waals surface area contributed by atoms with E-state index in [4.69, 9.17) is 0 Å². The minimum Gasteiger partial charge on any atom is -0.372 e. The predicted octanol–water partition coefficient (Wildman–Crippen LogP) is 3.99. The smallest absolute Gasteiger partial charge is 0.243 e. The van der Waals surface area contributed by atoms with Gasteiger partial charge in [-0.2, -0.15) is 4.31 Å². The molecule has 0 spiro atoms. The van der Waals surface area contributed by atoms with Crippen molar-refractivity contribution in [2.45, 2.75) is 37.0 Å². The highest BCUT2D eigenvalue weighted by Gasteiger charge is 2.32. The van der Waals surface area contributed by atoms with E-state index in [1.54, 1.807) is 0 Å². The van der Waals surface area contributed by atoms with Crippen molar-refractivity contribution in [2.75, 3.05) is 36.4 Å². The van der Waals surface area contributed by atoms with Crippen LogP contribution < -0.4 is 10.2 Å². The second-order valence-electron chi connectivity index (χ2n) is 8.34. The van der Waals surface area contributed by atoms with Crippen LogP contribution in [0.2, 0.25) is 0 Å². The van der Waals surface area contributed by atoms with Crippen molar-refractivity contribution in [1.29, 1.82) is 0 Å². The first-order valence-electron chi connectivity index (χ1n) is 11.0. The molecule has 0 aliphatic carbocycles. The van der Waals surface area contributed by atoms with Gasteiger partial charge in [-0.05, 0) is 74.6 Å². The number of halogens is 2. The van der Waals surface area contributed by atoms with Gasteiger partial charge in [0.05, 0.1) is 4.90 Å². The molecule has 2 aromatic rings. The highest BCUT2D eigenvalue weighted by molar-refractivity contribution is 7.89. The Balaban J connectivity index is 1.32. The summed E-state index contributed by atoms with van der Waals surface area (Å²) in [5.41, 5.74) is 1.87. The number of rotatable bonds is 5. The lowest BCUT2D eigenvalue weighted by atomic mass is 9.97. The maximum Gasteiger partial charge on any atom is 0.243 e. The Bertz CT molecular complexity index is 1060. The fraction of sp³-hybridized carbons (Fsp3) is 0.435. The van der Waals surface area contributed by atoms with E-state index in [0.29, 0.717) is 24.6 Å². The van der Waals surface area contributed by atoms with Crippen molar-refractivity contribution < 1.29 is 22.0 Å². The van der Waals surface area contributed by atoms with Crippen LogP contribution in [-0.2, 0) is 14.8 Å². The molecule has 0 radical (unpaired) electrons. The molecule has 2 saturated heterocycles. The molecule has 2 aromatic carbocycles. The van der Waals surface area contributed by atoms with Gasteiger partial charge in [0.15, 0.2) is 11.6 Å². The Morgan fingerprint density at radius 2 is 1.53 bits per heavy atom. The van der Waals surface area contributed by atoms with Gasteiger partial charge in [-0.3, -0.25) is 4.79 Å². The zero-order chi connectivity index (χ0) is 22.7. The van der Waals surface area contributed by atoms with Crippen LogP contribution in [0.4, 0.5) is 20.2 Å². The molecule has 9 heteroatoms. The van der Waals surface area contributed by atoms with Gasteiger partial charge in [0.25, 0.3) is 0 Å². The fourth-order valence-electron chi connectivity index (χ4n) is 4.30. The zero-order valence-electron chi connectivity index (χ0n) is 17.8. The maximum absolute atomic E-state index is 13.5. The number of carbonyl (C=O) groups excluding carboxylic acids is 1. The van der Waals surface area contributed by atoms with Gasteiger partial charge in [-0.25, -0.2) is 17.2 Å². The number of sulfonamides is 1. The normalized spacial score (nSPS) is 18.5. The average molecular weight is 464 g/mol. The van der Waals surface area contributed by atoms with Crippen molar-refractivity contribution in [1.82, 2.24) is 4.31 Å².